The number of nitrogens with zero attached hydrogens (tertiary/aromatic N) is 1. The van der Waals surface area contributed by atoms with Crippen molar-refractivity contribution in [3.05, 3.63) is 16.6 Å². The van der Waals surface area contributed by atoms with Crippen molar-refractivity contribution in [1.29, 1.82) is 0 Å². The van der Waals surface area contributed by atoms with Crippen LogP contribution in [0.5, 0.6) is 0 Å². The molecule has 4 heteroatoms. The lowest BCUT2D eigenvalue weighted by atomic mass is 9.67. The average molecular weight is 253 g/mol. The molecule has 3 nitrogen and oxygen atoms in total. The first-order chi connectivity index (χ1) is 8.16. The molecule has 0 spiro atoms. The fourth-order valence-electron chi connectivity index (χ4n) is 2.89. The molecule has 1 fully saturated rings. The molecule has 2 rings (SSSR count). The summed E-state index contributed by atoms with van der Waals surface area (Å²) in [5, 5.41) is 12.5. The van der Waals surface area contributed by atoms with Gasteiger partial charge in [0, 0.05) is 18.0 Å². The SMILES string of the molecule is CCC1CCCC(Cc2nccs2)(C(=O)O)C1. The van der Waals surface area contributed by atoms with Crippen LogP contribution < -0.4 is 0 Å². The van der Waals surface area contributed by atoms with Gasteiger partial charge in [0.25, 0.3) is 0 Å². The van der Waals surface area contributed by atoms with E-state index in [9.17, 15) is 9.90 Å². The molecule has 1 aliphatic carbocycles. The maximum atomic E-state index is 11.6. The normalized spacial score (nSPS) is 29.1. The Morgan fingerprint density at radius 1 is 1.71 bits per heavy atom. The van der Waals surface area contributed by atoms with Crippen molar-refractivity contribution in [2.24, 2.45) is 11.3 Å². The zero-order valence-corrected chi connectivity index (χ0v) is 11.0. The minimum absolute atomic E-state index is 0.559. The summed E-state index contributed by atoms with van der Waals surface area (Å²) in [5.74, 6) is -0.0642. The third kappa shape index (κ3) is 2.68. The molecule has 17 heavy (non-hydrogen) atoms. The molecule has 1 aromatic heterocycles. The fraction of sp³-hybridized carbons (Fsp3) is 0.692. The summed E-state index contributed by atoms with van der Waals surface area (Å²) in [7, 11) is 0. The molecule has 2 atom stereocenters. The summed E-state index contributed by atoms with van der Waals surface area (Å²) < 4.78 is 0. The van der Waals surface area contributed by atoms with Gasteiger partial charge in [0.05, 0.1) is 10.4 Å². The average Bonchev–Trinajstić information content (AvgIpc) is 2.81. The molecular formula is C13H19NO2S. The topological polar surface area (TPSA) is 50.2 Å². The van der Waals surface area contributed by atoms with E-state index in [1.54, 1.807) is 17.5 Å². The second-order valence-corrected chi connectivity index (χ2v) is 6.04. The molecule has 2 unspecified atom stereocenters. The van der Waals surface area contributed by atoms with Crippen molar-refractivity contribution >= 4 is 17.3 Å². The highest BCUT2D eigenvalue weighted by Crippen LogP contribution is 2.43. The summed E-state index contributed by atoms with van der Waals surface area (Å²) in [6, 6.07) is 0. The molecule has 1 aliphatic rings. The molecule has 1 aromatic rings. The van der Waals surface area contributed by atoms with E-state index in [2.05, 4.69) is 11.9 Å². The second kappa shape index (κ2) is 5.17. The van der Waals surface area contributed by atoms with E-state index in [1.807, 2.05) is 5.38 Å². The van der Waals surface area contributed by atoms with Crippen LogP contribution in [-0.4, -0.2) is 16.1 Å². The lowest BCUT2D eigenvalue weighted by Crippen LogP contribution is -2.38. The third-order valence-corrected chi connectivity index (χ3v) is 4.73. The Hall–Kier alpha value is -0.900. The summed E-state index contributed by atoms with van der Waals surface area (Å²) in [6.45, 7) is 2.16. The van der Waals surface area contributed by atoms with Crippen LogP contribution in [0.15, 0.2) is 11.6 Å². The van der Waals surface area contributed by atoms with Crippen molar-refractivity contribution in [3.63, 3.8) is 0 Å². The van der Waals surface area contributed by atoms with Gasteiger partial charge < -0.3 is 5.11 Å². The number of thiazole rings is 1. The Morgan fingerprint density at radius 2 is 2.53 bits per heavy atom. The minimum Gasteiger partial charge on any atom is -0.481 e. The Balaban J connectivity index is 2.17. The zero-order chi connectivity index (χ0) is 12.3. The van der Waals surface area contributed by atoms with Gasteiger partial charge in [0.1, 0.15) is 0 Å². The van der Waals surface area contributed by atoms with Gasteiger partial charge in [-0.2, -0.15) is 0 Å². The predicted octanol–water partition coefficient (Wildman–Crippen LogP) is 3.36. The number of hydrogen-bond acceptors (Lipinski definition) is 3. The first-order valence-corrected chi connectivity index (χ1v) is 7.16. The molecule has 0 saturated heterocycles. The monoisotopic (exact) mass is 253 g/mol. The van der Waals surface area contributed by atoms with Crippen LogP contribution in [0.1, 0.15) is 44.0 Å². The Kier molecular flexibility index (Phi) is 3.82. The number of rotatable bonds is 4. The molecule has 0 aromatic carbocycles. The van der Waals surface area contributed by atoms with E-state index in [0.29, 0.717) is 12.3 Å². The minimum atomic E-state index is -0.633. The van der Waals surface area contributed by atoms with Crippen molar-refractivity contribution in [1.82, 2.24) is 4.98 Å². The van der Waals surface area contributed by atoms with Crippen LogP contribution in [0.4, 0.5) is 0 Å². The highest BCUT2D eigenvalue weighted by atomic mass is 32.1. The number of aromatic nitrogens is 1. The Morgan fingerprint density at radius 3 is 3.12 bits per heavy atom. The van der Waals surface area contributed by atoms with E-state index in [-0.39, 0.29) is 0 Å². The summed E-state index contributed by atoms with van der Waals surface area (Å²) >= 11 is 1.57. The Labute approximate surface area is 106 Å². The quantitative estimate of drug-likeness (QED) is 0.895. The van der Waals surface area contributed by atoms with Gasteiger partial charge >= 0.3 is 5.97 Å². The number of carboxylic acid groups (broad SMARTS) is 1. The van der Waals surface area contributed by atoms with Crippen molar-refractivity contribution < 1.29 is 9.90 Å². The van der Waals surface area contributed by atoms with Crippen molar-refractivity contribution in [3.8, 4) is 0 Å². The van der Waals surface area contributed by atoms with E-state index >= 15 is 0 Å². The second-order valence-electron chi connectivity index (χ2n) is 5.06. The number of aliphatic carboxylic acids is 1. The first kappa shape index (κ1) is 12.6. The van der Waals surface area contributed by atoms with Crippen LogP contribution in [0.2, 0.25) is 0 Å². The van der Waals surface area contributed by atoms with Crippen LogP contribution in [0.25, 0.3) is 0 Å². The van der Waals surface area contributed by atoms with Crippen molar-refractivity contribution in [2.45, 2.75) is 45.4 Å². The molecule has 0 aliphatic heterocycles. The Bertz CT molecular complexity index is 377. The molecule has 1 heterocycles. The van der Waals surface area contributed by atoms with E-state index in [0.717, 1.165) is 30.7 Å². The highest BCUT2D eigenvalue weighted by Gasteiger charge is 2.43. The van der Waals surface area contributed by atoms with Gasteiger partial charge in [-0.05, 0) is 18.8 Å². The molecular weight excluding hydrogens is 234 g/mol. The fourth-order valence-corrected chi connectivity index (χ4v) is 3.65. The molecule has 94 valence electrons. The first-order valence-electron chi connectivity index (χ1n) is 6.28. The van der Waals surface area contributed by atoms with Gasteiger partial charge in [-0.15, -0.1) is 11.3 Å². The largest absolute Gasteiger partial charge is 0.481 e. The van der Waals surface area contributed by atoms with Gasteiger partial charge in [-0.3, -0.25) is 4.79 Å². The third-order valence-electron chi connectivity index (χ3n) is 3.95. The van der Waals surface area contributed by atoms with Crippen LogP contribution in [-0.2, 0) is 11.2 Å². The molecule has 0 amide bonds. The maximum Gasteiger partial charge on any atom is 0.310 e. The number of hydrogen-bond donors (Lipinski definition) is 1. The van der Waals surface area contributed by atoms with Gasteiger partial charge in [0.15, 0.2) is 0 Å². The molecule has 0 bridgehead atoms. The van der Waals surface area contributed by atoms with Crippen LogP contribution in [0, 0.1) is 11.3 Å². The van der Waals surface area contributed by atoms with Crippen molar-refractivity contribution in [2.75, 3.05) is 0 Å². The van der Waals surface area contributed by atoms with Gasteiger partial charge in [-0.25, -0.2) is 4.98 Å². The summed E-state index contributed by atoms with van der Waals surface area (Å²) in [6.07, 6.45) is 7.30. The van der Waals surface area contributed by atoms with E-state index in [4.69, 9.17) is 0 Å². The smallest absolute Gasteiger partial charge is 0.310 e. The number of carboxylic acids is 1. The van der Waals surface area contributed by atoms with E-state index in [1.165, 1.54) is 6.42 Å². The predicted molar refractivity (Wildman–Crippen MR) is 68.1 cm³/mol. The zero-order valence-electron chi connectivity index (χ0n) is 10.2. The van der Waals surface area contributed by atoms with Crippen LogP contribution >= 0.6 is 11.3 Å². The molecule has 1 N–H and O–H groups in total. The standard InChI is InChI=1S/C13H19NO2S/c1-2-10-4-3-5-13(8-10,12(15)16)9-11-14-6-7-17-11/h6-7,10H,2-5,8-9H2,1H3,(H,15,16). The highest BCUT2D eigenvalue weighted by molar-refractivity contribution is 7.09. The lowest BCUT2D eigenvalue weighted by molar-refractivity contribution is -0.152. The van der Waals surface area contributed by atoms with Crippen LogP contribution in [0.3, 0.4) is 0 Å². The lowest BCUT2D eigenvalue weighted by Gasteiger charge is -2.37. The summed E-state index contributed by atoms with van der Waals surface area (Å²) in [4.78, 5) is 15.9. The van der Waals surface area contributed by atoms with Gasteiger partial charge in [-0.1, -0.05) is 26.2 Å². The van der Waals surface area contributed by atoms with E-state index < -0.39 is 11.4 Å². The maximum absolute atomic E-state index is 11.6. The summed E-state index contributed by atoms with van der Waals surface area (Å²) in [5.41, 5.74) is -0.559. The molecule has 1 saturated carbocycles. The molecule has 0 radical (unpaired) electrons. The van der Waals surface area contributed by atoms with Gasteiger partial charge in [0.2, 0.25) is 0 Å². The number of carbonyl (C=O) groups is 1.